The van der Waals surface area contributed by atoms with Crippen molar-refractivity contribution in [3.8, 4) is 5.75 Å². The molecule has 0 saturated heterocycles. The van der Waals surface area contributed by atoms with E-state index < -0.39 is 0 Å². The summed E-state index contributed by atoms with van der Waals surface area (Å²) < 4.78 is 5.08. The van der Waals surface area contributed by atoms with E-state index in [-0.39, 0.29) is 11.7 Å². The average molecular weight is 217 g/mol. The van der Waals surface area contributed by atoms with Crippen LogP contribution in [-0.2, 0) is 0 Å². The van der Waals surface area contributed by atoms with E-state index in [0.29, 0.717) is 11.3 Å². The maximum Gasteiger partial charge on any atom is 0.167 e. The van der Waals surface area contributed by atoms with Crippen LogP contribution in [0.15, 0.2) is 18.5 Å². The van der Waals surface area contributed by atoms with Crippen molar-refractivity contribution >= 4 is 5.78 Å². The van der Waals surface area contributed by atoms with Crippen LogP contribution in [0.25, 0.3) is 0 Å². The molecule has 2 aliphatic carbocycles. The Morgan fingerprint density at radius 1 is 1.31 bits per heavy atom. The highest BCUT2D eigenvalue weighted by Gasteiger charge is 2.48. The lowest BCUT2D eigenvalue weighted by atomic mass is 9.94. The van der Waals surface area contributed by atoms with Gasteiger partial charge in [-0.1, -0.05) is 0 Å². The average Bonchev–Trinajstić information content (AvgIpc) is 2.95. The number of nitrogens with zero attached hydrogens (tertiary/aromatic N) is 1. The van der Waals surface area contributed by atoms with Gasteiger partial charge in [0.2, 0.25) is 0 Å². The molecule has 0 bridgehead atoms. The minimum absolute atomic E-state index is 0.234. The molecule has 2 unspecified atom stereocenters. The fourth-order valence-electron chi connectivity index (χ4n) is 2.83. The van der Waals surface area contributed by atoms with E-state index in [1.165, 1.54) is 6.42 Å². The van der Waals surface area contributed by atoms with Gasteiger partial charge in [0, 0.05) is 17.7 Å². The molecule has 1 aromatic rings. The van der Waals surface area contributed by atoms with Gasteiger partial charge >= 0.3 is 0 Å². The highest BCUT2D eigenvalue weighted by molar-refractivity contribution is 5.98. The zero-order valence-electron chi connectivity index (χ0n) is 9.35. The van der Waals surface area contributed by atoms with Gasteiger partial charge in [-0.3, -0.25) is 9.78 Å². The Morgan fingerprint density at radius 3 is 2.75 bits per heavy atom. The maximum absolute atomic E-state index is 12.2. The van der Waals surface area contributed by atoms with Gasteiger partial charge < -0.3 is 4.74 Å². The third kappa shape index (κ3) is 1.60. The zero-order valence-corrected chi connectivity index (χ0v) is 9.35. The fraction of sp³-hybridized carbons (Fsp3) is 0.538. The van der Waals surface area contributed by atoms with Crippen molar-refractivity contribution in [3.05, 3.63) is 24.0 Å². The Labute approximate surface area is 94.8 Å². The molecule has 0 amide bonds. The van der Waals surface area contributed by atoms with Crippen molar-refractivity contribution in [1.29, 1.82) is 0 Å². The third-order valence-electron chi connectivity index (χ3n) is 3.85. The summed E-state index contributed by atoms with van der Waals surface area (Å²) in [7, 11) is 1.59. The Bertz CT molecular complexity index is 420. The second-order valence-corrected chi connectivity index (χ2v) is 4.90. The number of ketones is 1. The molecule has 3 nitrogen and oxygen atoms in total. The second-order valence-electron chi connectivity index (χ2n) is 4.90. The van der Waals surface area contributed by atoms with Gasteiger partial charge in [-0.2, -0.15) is 0 Å². The molecule has 0 radical (unpaired) electrons. The van der Waals surface area contributed by atoms with Crippen LogP contribution in [0.3, 0.4) is 0 Å². The number of hydrogen-bond donors (Lipinski definition) is 0. The summed E-state index contributed by atoms with van der Waals surface area (Å²) in [4.78, 5) is 16.2. The van der Waals surface area contributed by atoms with E-state index in [1.807, 2.05) is 0 Å². The molecule has 2 fully saturated rings. The molecule has 2 atom stereocenters. The summed E-state index contributed by atoms with van der Waals surface area (Å²) in [5.74, 6) is 2.82. The first-order chi connectivity index (χ1) is 7.78. The Hall–Kier alpha value is -1.38. The monoisotopic (exact) mass is 217 g/mol. The minimum Gasteiger partial charge on any atom is -0.495 e. The van der Waals surface area contributed by atoms with Crippen LogP contribution in [0.1, 0.15) is 29.6 Å². The van der Waals surface area contributed by atoms with Gasteiger partial charge in [0.25, 0.3) is 0 Å². The van der Waals surface area contributed by atoms with Crippen LogP contribution in [0.2, 0.25) is 0 Å². The Balaban J connectivity index is 1.77. The highest BCUT2D eigenvalue weighted by atomic mass is 16.5. The zero-order chi connectivity index (χ0) is 11.1. The highest BCUT2D eigenvalue weighted by Crippen LogP contribution is 2.54. The summed E-state index contributed by atoms with van der Waals surface area (Å²) in [6.07, 6.45) is 6.79. The standard InChI is InChI=1S/C13H15NO2/c1-16-12-5-11(6-14-7-12)13(15)10-3-8-2-9(8)4-10/h5-10H,2-4H2,1H3. The number of aromatic nitrogens is 1. The normalized spacial score (nSPS) is 30.9. The van der Waals surface area contributed by atoms with E-state index in [1.54, 1.807) is 25.6 Å². The number of Topliss-reactive ketones (excluding diaryl/α,β-unsaturated/α-hetero) is 1. The summed E-state index contributed by atoms with van der Waals surface area (Å²) in [6, 6.07) is 1.79. The summed E-state index contributed by atoms with van der Waals surface area (Å²) in [5.41, 5.74) is 0.700. The smallest absolute Gasteiger partial charge is 0.167 e. The van der Waals surface area contributed by atoms with Crippen LogP contribution in [0.4, 0.5) is 0 Å². The van der Waals surface area contributed by atoms with Crippen LogP contribution in [-0.4, -0.2) is 17.9 Å². The van der Waals surface area contributed by atoms with Gasteiger partial charge in [0.15, 0.2) is 5.78 Å². The summed E-state index contributed by atoms with van der Waals surface area (Å²) in [5, 5.41) is 0. The van der Waals surface area contributed by atoms with E-state index >= 15 is 0 Å². The number of ether oxygens (including phenoxy) is 1. The number of rotatable bonds is 3. The largest absolute Gasteiger partial charge is 0.495 e. The molecule has 3 rings (SSSR count). The van der Waals surface area contributed by atoms with Crippen LogP contribution < -0.4 is 4.74 Å². The molecular formula is C13H15NO2. The van der Waals surface area contributed by atoms with Crippen molar-refractivity contribution in [2.45, 2.75) is 19.3 Å². The lowest BCUT2D eigenvalue weighted by molar-refractivity contribution is 0.0913. The van der Waals surface area contributed by atoms with Crippen molar-refractivity contribution in [2.75, 3.05) is 7.11 Å². The molecule has 0 aromatic carbocycles. The molecule has 84 valence electrons. The predicted molar refractivity (Wildman–Crippen MR) is 59.4 cm³/mol. The Kier molecular flexibility index (Phi) is 2.20. The Morgan fingerprint density at radius 2 is 2.06 bits per heavy atom. The summed E-state index contributed by atoms with van der Waals surface area (Å²) in [6.45, 7) is 0. The second kappa shape index (κ2) is 3.58. The minimum atomic E-state index is 0.234. The van der Waals surface area contributed by atoms with E-state index in [0.717, 1.165) is 24.7 Å². The molecule has 3 heteroatoms. The summed E-state index contributed by atoms with van der Waals surface area (Å²) >= 11 is 0. The van der Waals surface area contributed by atoms with E-state index in [2.05, 4.69) is 4.98 Å². The van der Waals surface area contributed by atoms with Crippen LogP contribution in [0, 0.1) is 17.8 Å². The maximum atomic E-state index is 12.2. The van der Waals surface area contributed by atoms with Crippen LogP contribution in [0.5, 0.6) is 5.75 Å². The molecule has 16 heavy (non-hydrogen) atoms. The van der Waals surface area contributed by atoms with Crippen molar-refractivity contribution in [3.63, 3.8) is 0 Å². The first kappa shape index (κ1) is 9.82. The number of pyridine rings is 1. The first-order valence-electron chi connectivity index (χ1n) is 5.81. The van der Waals surface area contributed by atoms with Crippen LogP contribution >= 0.6 is 0 Å². The van der Waals surface area contributed by atoms with Gasteiger partial charge in [-0.25, -0.2) is 0 Å². The van der Waals surface area contributed by atoms with Gasteiger partial charge in [-0.05, 0) is 37.2 Å². The SMILES string of the molecule is COc1cncc(C(=O)C2CC3CC3C2)c1. The number of fused-ring (bicyclic) bond motifs is 1. The van der Waals surface area contributed by atoms with E-state index in [9.17, 15) is 4.79 Å². The molecular weight excluding hydrogens is 202 g/mol. The third-order valence-corrected chi connectivity index (χ3v) is 3.85. The molecule has 0 N–H and O–H groups in total. The number of carbonyl (C=O) groups is 1. The van der Waals surface area contributed by atoms with Crippen molar-refractivity contribution in [2.24, 2.45) is 17.8 Å². The number of carbonyl (C=O) groups excluding carboxylic acids is 1. The topological polar surface area (TPSA) is 39.2 Å². The fourth-order valence-corrected chi connectivity index (χ4v) is 2.83. The first-order valence-corrected chi connectivity index (χ1v) is 5.81. The molecule has 2 aliphatic rings. The molecule has 0 spiro atoms. The molecule has 1 aromatic heterocycles. The quantitative estimate of drug-likeness (QED) is 0.729. The van der Waals surface area contributed by atoms with E-state index in [4.69, 9.17) is 4.74 Å². The van der Waals surface area contributed by atoms with Crippen molar-refractivity contribution in [1.82, 2.24) is 4.98 Å². The molecule has 0 aliphatic heterocycles. The lowest BCUT2D eigenvalue weighted by Gasteiger charge is -2.10. The predicted octanol–water partition coefficient (Wildman–Crippen LogP) is 2.32. The van der Waals surface area contributed by atoms with Gasteiger partial charge in [-0.15, -0.1) is 0 Å². The lowest BCUT2D eigenvalue weighted by Crippen LogP contribution is -2.13. The molecule has 1 heterocycles. The van der Waals surface area contributed by atoms with Crippen molar-refractivity contribution < 1.29 is 9.53 Å². The number of methoxy groups -OCH3 is 1. The van der Waals surface area contributed by atoms with Gasteiger partial charge in [0.1, 0.15) is 5.75 Å². The molecule has 2 saturated carbocycles. The van der Waals surface area contributed by atoms with Gasteiger partial charge in [0.05, 0.1) is 13.3 Å². The number of hydrogen-bond acceptors (Lipinski definition) is 3.